The number of nitrogen functional groups attached to an aromatic ring is 1. The van der Waals surface area contributed by atoms with E-state index in [-0.39, 0.29) is 34.5 Å². The van der Waals surface area contributed by atoms with Crippen molar-refractivity contribution in [1.82, 2.24) is 24.8 Å². The van der Waals surface area contributed by atoms with Gasteiger partial charge < -0.3 is 15.0 Å². The summed E-state index contributed by atoms with van der Waals surface area (Å²) in [4.78, 5) is 9.09. The quantitative estimate of drug-likeness (QED) is 0.198. The van der Waals surface area contributed by atoms with Crippen LogP contribution < -0.4 is 10.5 Å². The lowest BCUT2D eigenvalue weighted by atomic mass is 9.84. The molecule has 2 N–H and O–H groups in total. The van der Waals surface area contributed by atoms with Gasteiger partial charge in [-0.15, -0.1) is 0 Å². The molecule has 0 radical (unpaired) electrons. The Kier molecular flexibility index (Phi) is 8.06. The van der Waals surface area contributed by atoms with Gasteiger partial charge in [0.1, 0.15) is 17.1 Å². The highest BCUT2D eigenvalue weighted by Gasteiger charge is 2.29. The van der Waals surface area contributed by atoms with E-state index >= 15 is 0 Å². The van der Waals surface area contributed by atoms with Gasteiger partial charge in [0, 0.05) is 13.0 Å². The van der Waals surface area contributed by atoms with Crippen LogP contribution in [0, 0.1) is 12.8 Å². The number of nitrogens with two attached hydrogens (primary N) is 1. The summed E-state index contributed by atoms with van der Waals surface area (Å²) in [6.07, 6.45) is 6.99. The number of rotatable bonds is 10. The molecule has 1 unspecified atom stereocenters. The lowest BCUT2D eigenvalue weighted by Crippen LogP contribution is -2.31. The predicted molar refractivity (Wildman–Crippen MR) is 146 cm³/mol. The monoisotopic (exact) mass is 574 g/mol. The van der Waals surface area contributed by atoms with Crippen molar-refractivity contribution in [2.45, 2.75) is 69.9 Å². The zero-order chi connectivity index (χ0) is 27.6. The van der Waals surface area contributed by atoms with E-state index in [0.29, 0.717) is 41.3 Å². The Morgan fingerprint density at radius 3 is 2.59 bits per heavy atom. The van der Waals surface area contributed by atoms with E-state index in [1.165, 1.54) is 6.42 Å². The second-order valence-corrected chi connectivity index (χ2v) is 11.7. The minimum absolute atomic E-state index is 0.0129. The summed E-state index contributed by atoms with van der Waals surface area (Å²) in [6.45, 7) is 4.35. The molecule has 1 aromatic carbocycles. The molecule has 39 heavy (non-hydrogen) atoms. The fourth-order valence-corrected chi connectivity index (χ4v) is 6.22. The fourth-order valence-electron chi connectivity index (χ4n) is 5.12. The van der Waals surface area contributed by atoms with Gasteiger partial charge in [0.25, 0.3) is 10.1 Å². The van der Waals surface area contributed by atoms with Gasteiger partial charge in [-0.2, -0.15) is 8.42 Å². The first-order valence-corrected chi connectivity index (χ1v) is 14.8. The van der Waals surface area contributed by atoms with Gasteiger partial charge in [-0.05, 0) is 55.1 Å². The van der Waals surface area contributed by atoms with Gasteiger partial charge in [0.15, 0.2) is 28.2 Å². The van der Waals surface area contributed by atoms with Crippen molar-refractivity contribution in [1.29, 1.82) is 0 Å². The minimum Gasteiger partial charge on any atom is -0.486 e. The van der Waals surface area contributed by atoms with Gasteiger partial charge in [-0.1, -0.05) is 48.6 Å². The highest BCUT2D eigenvalue weighted by Crippen LogP contribution is 2.37. The summed E-state index contributed by atoms with van der Waals surface area (Å²) in [5.74, 6) is 1.27. The molecule has 4 aromatic rings. The lowest BCUT2D eigenvalue weighted by Gasteiger charge is -2.31. The number of pyridine rings is 1. The largest absolute Gasteiger partial charge is 0.486 e. The zero-order valence-corrected chi connectivity index (χ0v) is 23.4. The number of benzene rings is 1. The number of fused-ring (bicyclic) bond motifs is 1. The van der Waals surface area contributed by atoms with Gasteiger partial charge in [-0.3, -0.25) is 4.18 Å². The number of ether oxygens (including phenoxy) is 1. The first kappa shape index (κ1) is 27.4. The Morgan fingerprint density at radius 2 is 1.92 bits per heavy atom. The molecule has 11 nitrogen and oxygen atoms in total. The molecule has 5 rings (SSSR count). The molecular formula is C26H31ClN6O5S. The van der Waals surface area contributed by atoms with Crippen LogP contribution in [0.15, 0.2) is 40.0 Å². The number of hydrogen-bond acceptors (Lipinski definition) is 10. The number of aryl methyl sites for hydroxylation is 2. The average molecular weight is 575 g/mol. The van der Waals surface area contributed by atoms with E-state index in [0.717, 1.165) is 31.2 Å². The van der Waals surface area contributed by atoms with E-state index in [1.807, 2.05) is 18.4 Å². The molecule has 1 saturated carbocycles. The minimum atomic E-state index is -3.89. The average Bonchev–Trinajstić information content (AvgIpc) is 3.53. The van der Waals surface area contributed by atoms with Crippen molar-refractivity contribution < 1.29 is 22.0 Å². The van der Waals surface area contributed by atoms with Crippen LogP contribution in [0.4, 0.5) is 5.82 Å². The molecule has 3 aromatic heterocycles. The molecule has 0 amide bonds. The number of hydrogen-bond donors (Lipinski definition) is 1. The normalized spacial score (nSPS) is 15.6. The third-order valence-electron chi connectivity index (χ3n) is 7.14. The second kappa shape index (κ2) is 11.5. The van der Waals surface area contributed by atoms with Crippen molar-refractivity contribution >= 4 is 38.6 Å². The molecule has 1 fully saturated rings. The summed E-state index contributed by atoms with van der Waals surface area (Å²) in [7, 11) is -3.89. The first-order valence-electron chi connectivity index (χ1n) is 13.0. The molecule has 0 saturated heterocycles. The Hall–Kier alpha value is -3.22. The van der Waals surface area contributed by atoms with Crippen molar-refractivity contribution in [3.8, 4) is 17.3 Å². The standard InChI is InChI=1S/C26H31ClN6O5S/c1-3-33-23-20(15-29-24(27)21(23)30-26(33)22-25(28)32-38-31-22)37-19(17-7-5-4-6-8-17)13-14-36-39(34,35)18-11-9-16(2)10-12-18/h9-12,15,17,19H,3-8,13-14H2,1-2H3,(H2,28,32). The van der Waals surface area contributed by atoms with Gasteiger partial charge in [0.05, 0.1) is 17.7 Å². The van der Waals surface area contributed by atoms with Crippen LogP contribution in [0.1, 0.15) is 51.0 Å². The van der Waals surface area contributed by atoms with Crippen molar-refractivity contribution in [2.75, 3.05) is 12.3 Å². The Morgan fingerprint density at radius 1 is 1.18 bits per heavy atom. The summed E-state index contributed by atoms with van der Waals surface area (Å²) < 4.78 is 44.3. The van der Waals surface area contributed by atoms with Crippen molar-refractivity contribution in [3.05, 3.63) is 41.2 Å². The molecule has 3 heterocycles. The molecule has 0 aliphatic heterocycles. The van der Waals surface area contributed by atoms with Gasteiger partial charge >= 0.3 is 0 Å². The maximum absolute atomic E-state index is 12.8. The maximum atomic E-state index is 12.8. The molecule has 1 aliphatic carbocycles. The fraction of sp³-hybridized carbons (Fsp3) is 0.462. The Balaban J connectivity index is 1.44. The van der Waals surface area contributed by atoms with E-state index in [9.17, 15) is 8.42 Å². The topological polar surface area (TPSA) is 148 Å². The highest BCUT2D eigenvalue weighted by molar-refractivity contribution is 7.86. The van der Waals surface area contributed by atoms with Gasteiger partial charge in [0.2, 0.25) is 0 Å². The van der Waals surface area contributed by atoms with Crippen LogP contribution in [0.25, 0.3) is 22.6 Å². The number of aromatic nitrogens is 5. The summed E-state index contributed by atoms with van der Waals surface area (Å²) >= 11 is 6.44. The third kappa shape index (κ3) is 5.73. The van der Waals surface area contributed by atoms with Gasteiger partial charge in [-0.25, -0.2) is 14.6 Å². The summed E-state index contributed by atoms with van der Waals surface area (Å²) in [5.41, 5.74) is 8.30. The molecule has 0 bridgehead atoms. The van der Waals surface area contributed by atoms with Crippen LogP contribution in [0.3, 0.4) is 0 Å². The number of halogens is 1. The van der Waals surface area contributed by atoms with Crippen molar-refractivity contribution in [3.63, 3.8) is 0 Å². The van der Waals surface area contributed by atoms with E-state index < -0.39 is 10.1 Å². The van der Waals surface area contributed by atoms with Crippen molar-refractivity contribution in [2.24, 2.45) is 5.92 Å². The molecule has 1 atom stereocenters. The van der Waals surface area contributed by atoms with E-state index in [2.05, 4.69) is 20.3 Å². The molecule has 208 valence electrons. The van der Waals surface area contributed by atoms with E-state index in [4.69, 9.17) is 30.9 Å². The highest BCUT2D eigenvalue weighted by atomic mass is 35.5. The molecule has 13 heteroatoms. The summed E-state index contributed by atoms with van der Waals surface area (Å²) in [6, 6.07) is 6.60. The Bertz CT molecular complexity index is 1550. The molecule has 0 spiro atoms. The van der Waals surface area contributed by atoms with Crippen LogP contribution >= 0.6 is 11.6 Å². The maximum Gasteiger partial charge on any atom is 0.296 e. The zero-order valence-electron chi connectivity index (χ0n) is 21.8. The van der Waals surface area contributed by atoms with Crippen LogP contribution in [-0.4, -0.2) is 46.0 Å². The third-order valence-corrected chi connectivity index (χ3v) is 8.74. The number of nitrogens with zero attached hydrogens (tertiary/aromatic N) is 5. The number of anilines is 1. The van der Waals surface area contributed by atoms with Crippen LogP contribution in [0.2, 0.25) is 5.15 Å². The van der Waals surface area contributed by atoms with Crippen LogP contribution in [-0.2, 0) is 20.8 Å². The molecule has 1 aliphatic rings. The molecular weight excluding hydrogens is 544 g/mol. The lowest BCUT2D eigenvalue weighted by molar-refractivity contribution is 0.0864. The SMILES string of the molecule is CCn1c(-c2nonc2N)nc2c(Cl)ncc(OC(CCOS(=O)(=O)c3ccc(C)cc3)C3CCCCC3)c21. The number of imidazole rings is 1. The van der Waals surface area contributed by atoms with E-state index in [1.54, 1.807) is 30.5 Å². The smallest absolute Gasteiger partial charge is 0.296 e. The summed E-state index contributed by atoms with van der Waals surface area (Å²) in [5, 5.41) is 7.78. The first-order chi connectivity index (χ1) is 18.8. The Labute approximate surface area is 231 Å². The second-order valence-electron chi connectivity index (χ2n) is 9.72. The van der Waals surface area contributed by atoms with Crippen LogP contribution in [0.5, 0.6) is 5.75 Å². The predicted octanol–water partition coefficient (Wildman–Crippen LogP) is 5.17.